The summed E-state index contributed by atoms with van der Waals surface area (Å²) in [5.74, 6) is 0.743. The molecule has 1 aliphatic heterocycles. The molecule has 1 fully saturated rings. The summed E-state index contributed by atoms with van der Waals surface area (Å²) in [6.07, 6.45) is 8.31. The van der Waals surface area contributed by atoms with Crippen LogP contribution >= 0.6 is 0 Å². The molecule has 7 nitrogen and oxygen atoms in total. The number of nitrogens with zero attached hydrogens (tertiary/aromatic N) is 5. The third-order valence-corrected chi connectivity index (χ3v) is 6.06. The number of hydrogen-bond acceptors (Lipinski definition) is 5. The standard InChI is InChI=1S/C23H29N7/c1-17-19-16-18(25-23-22-20(26-27-23)8-7-11-24-22)9-10-21(19)30(28-17)15-6-5-14-29-12-3-2-4-13-29/h7-11,16H,2-6,12-15H2,1H3,(H2,25,26,27). The van der Waals surface area contributed by atoms with Crippen LogP contribution in [0.15, 0.2) is 36.5 Å². The average molecular weight is 404 g/mol. The maximum Gasteiger partial charge on any atom is 0.178 e. The first-order valence-corrected chi connectivity index (χ1v) is 11.0. The zero-order valence-corrected chi connectivity index (χ0v) is 17.6. The number of benzene rings is 1. The molecular weight excluding hydrogens is 374 g/mol. The van der Waals surface area contributed by atoms with Gasteiger partial charge < -0.3 is 10.2 Å². The summed E-state index contributed by atoms with van der Waals surface area (Å²) in [6.45, 7) is 6.83. The van der Waals surface area contributed by atoms with Crippen molar-refractivity contribution >= 4 is 33.4 Å². The maximum atomic E-state index is 4.80. The van der Waals surface area contributed by atoms with E-state index in [0.29, 0.717) is 0 Å². The first-order chi connectivity index (χ1) is 14.8. The molecule has 0 bridgehead atoms. The van der Waals surface area contributed by atoms with E-state index in [4.69, 9.17) is 5.10 Å². The molecule has 30 heavy (non-hydrogen) atoms. The lowest BCUT2D eigenvalue weighted by atomic mass is 10.1. The molecule has 1 aromatic carbocycles. The second-order valence-corrected chi connectivity index (χ2v) is 8.25. The zero-order valence-electron chi connectivity index (χ0n) is 17.6. The number of aromatic nitrogens is 5. The van der Waals surface area contributed by atoms with Crippen LogP contribution in [0.1, 0.15) is 37.8 Å². The summed E-state index contributed by atoms with van der Waals surface area (Å²) in [5.41, 5.74) is 5.03. The van der Waals surface area contributed by atoms with Crippen LogP contribution in [0.25, 0.3) is 21.9 Å². The van der Waals surface area contributed by atoms with Crippen molar-refractivity contribution in [1.82, 2.24) is 29.9 Å². The molecule has 0 radical (unpaired) electrons. The van der Waals surface area contributed by atoms with Crippen molar-refractivity contribution in [2.24, 2.45) is 0 Å². The van der Waals surface area contributed by atoms with Crippen molar-refractivity contribution in [3.8, 4) is 0 Å². The SMILES string of the molecule is Cc1nn(CCCCN2CCCCC2)c2ccc(Nc3n[nH]c4cccnc34)cc12. The quantitative estimate of drug-likeness (QED) is 0.440. The van der Waals surface area contributed by atoms with Crippen molar-refractivity contribution in [2.45, 2.75) is 45.6 Å². The number of aryl methyl sites for hydroxylation is 2. The van der Waals surface area contributed by atoms with Crippen LogP contribution in [-0.2, 0) is 6.54 Å². The van der Waals surface area contributed by atoms with Gasteiger partial charge in [0, 0.05) is 23.8 Å². The molecule has 0 unspecified atom stereocenters. The molecule has 1 aliphatic rings. The number of pyridine rings is 1. The molecule has 7 heteroatoms. The van der Waals surface area contributed by atoms with Gasteiger partial charge in [-0.3, -0.25) is 14.8 Å². The number of likely N-dealkylation sites (tertiary alicyclic amines) is 1. The normalized spacial score (nSPS) is 15.2. The Labute approximate surface area is 176 Å². The highest BCUT2D eigenvalue weighted by atomic mass is 15.3. The highest BCUT2D eigenvalue weighted by Gasteiger charge is 2.12. The van der Waals surface area contributed by atoms with E-state index in [-0.39, 0.29) is 0 Å². The van der Waals surface area contributed by atoms with Gasteiger partial charge in [0.15, 0.2) is 5.82 Å². The zero-order chi connectivity index (χ0) is 20.3. The minimum atomic E-state index is 0.743. The Kier molecular flexibility index (Phi) is 5.36. The van der Waals surface area contributed by atoms with E-state index in [2.05, 4.69) is 55.2 Å². The summed E-state index contributed by atoms with van der Waals surface area (Å²) < 4.78 is 2.16. The minimum absolute atomic E-state index is 0.743. The van der Waals surface area contributed by atoms with Crippen LogP contribution < -0.4 is 5.32 Å². The van der Waals surface area contributed by atoms with Crippen molar-refractivity contribution in [3.63, 3.8) is 0 Å². The number of nitrogens with one attached hydrogen (secondary N) is 2. The van der Waals surface area contributed by atoms with Crippen LogP contribution in [0.2, 0.25) is 0 Å². The van der Waals surface area contributed by atoms with Crippen LogP contribution in [0.5, 0.6) is 0 Å². The Morgan fingerprint density at radius 1 is 1.07 bits per heavy atom. The predicted octanol–water partition coefficient (Wildman–Crippen LogP) is 4.63. The molecule has 0 spiro atoms. The van der Waals surface area contributed by atoms with E-state index in [1.54, 1.807) is 6.20 Å². The summed E-state index contributed by atoms with van der Waals surface area (Å²) in [4.78, 5) is 7.03. The largest absolute Gasteiger partial charge is 0.337 e. The van der Waals surface area contributed by atoms with Crippen molar-refractivity contribution in [2.75, 3.05) is 25.0 Å². The van der Waals surface area contributed by atoms with Crippen molar-refractivity contribution in [3.05, 3.63) is 42.2 Å². The summed E-state index contributed by atoms with van der Waals surface area (Å²) >= 11 is 0. The Balaban J connectivity index is 1.26. The molecule has 5 rings (SSSR count). The maximum absolute atomic E-state index is 4.80. The molecule has 156 valence electrons. The topological polar surface area (TPSA) is 74.7 Å². The van der Waals surface area contributed by atoms with Gasteiger partial charge >= 0.3 is 0 Å². The van der Waals surface area contributed by atoms with Crippen molar-refractivity contribution in [1.29, 1.82) is 0 Å². The number of anilines is 2. The molecule has 0 atom stereocenters. The smallest absolute Gasteiger partial charge is 0.178 e. The lowest BCUT2D eigenvalue weighted by Gasteiger charge is -2.26. The van der Waals surface area contributed by atoms with Gasteiger partial charge in [-0.2, -0.15) is 10.2 Å². The van der Waals surface area contributed by atoms with E-state index in [9.17, 15) is 0 Å². The van der Waals surface area contributed by atoms with E-state index in [0.717, 1.165) is 41.2 Å². The Bertz CT molecular complexity index is 1140. The van der Waals surface area contributed by atoms with Gasteiger partial charge in [0.1, 0.15) is 5.52 Å². The minimum Gasteiger partial charge on any atom is -0.337 e. The van der Waals surface area contributed by atoms with Crippen LogP contribution in [-0.4, -0.2) is 49.5 Å². The fraction of sp³-hybridized carbons (Fsp3) is 0.435. The first kappa shape index (κ1) is 19.1. The molecule has 0 saturated carbocycles. The van der Waals surface area contributed by atoms with Gasteiger partial charge in [-0.15, -0.1) is 0 Å². The van der Waals surface area contributed by atoms with Crippen LogP contribution in [0.3, 0.4) is 0 Å². The van der Waals surface area contributed by atoms with E-state index in [1.807, 2.05) is 12.1 Å². The lowest BCUT2D eigenvalue weighted by Crippen LogP contribution is -2.30. The number of aromatic amines is 1. The van der Waals surface area contributed by atoms with Gasteiger partial charge in [-0.1, -0.05) is 6.42 Å². The monoisotopic (exact) mass is 403 g/mol. The third kappa shape index (κ3) is 3.89. The van der Waals surface area contributed by atoms with Gasteiger partial charge in [0.05, 0.1) is 16.7 Å². The lowest BCUT2D eigenvalue weighted by molar-refractivity contribution is 0.223. The molecule has 1 saturated heterocycles. The number of fused-ring (bicyclic) bond motifs is 2. The number of hydrogen-bond donors (Lipinski definition) is 2. The first-order valence-electron chi connectivity index (χ1n) is 11.0. The fourth-order valence-corrected chi connectivity index (χ4v) is 4.45. The Morgan fingerprint density at radius 2 is 1.93 bits per heavy atom. The van der Waals surface area contributed by atoms with Gasteiger partial charge in [-0.05, 0) is 82.6 Å². The molecule has 3 aromatic heterocycles. The summed E-state index contributed by atoms with van der Waals surface area (Å²) in [6, 6.07) is 10.3. The number of H-pyrrole nitrogens is 1. The Hall–Kier alpha value is -2.93. The molecule has 0 amide bonds. The molecular formula is C23H29N7. The number of piperidine rings is 1. The average Bonchev–Trinajstić information content (AvgIpc) is 3.33. The summed E-state index contributed by atoms with van der Waals surface area (Å²) in [5, 5.41) is 16.8. The highest BCUT2D eigenvalue weighted by Crippen LogP contribution is 2.26. The second-order valence-electron chi connectivity index (χ2n) is 8.25. The number of unbranched alkanes of at least 4 members (excludes halogenated alkanes) is 1. The van der Waals surface area contributed by atoms with E-state index < -0.39 is 0 Å². The van der Waals surface area contributed by atoms with Gasteiger partial charge in [0.25, 0.3) is 0 Å². The van der Waals surface area contributed by atoms with Crippen molar-refractivity contribution < 1.29 is 0 Å². The third-order valence-electron chi connectivity index (χ3n) is 6.06. The fourth-order valence-electron chi connectivity index (χ4n) is 4.45. The molecule has 0 aliphatic carbocycles. The Morgan fingerprint density at radius 3 is 2.83 bits per heavy atom. The summed E-state index contributed by atoms with van der Waals surface area (Å²) in [7, 11) is 0. The highest BCUT2D eigenvalue weighted by molar-refractivity contribution is 5.90. The second kappa shape index (κ2) is 8.44. The van der Waals surface area contributed by atoms with E-state index >= 15 is 0 Å². The molecule has 2 N–H and O–H groups in total. The van der Waals surface area contributed by atoms with Gasteiger partial charge in [-0.25, -0.2) is 0 Å². The number of rotatable bonds is 7. The van der Waals surface area contributed by atoms with Crippen LogP contribution in [0.4, 0.5) is 11.5 Å². The van der Waals surface area contributed by atoms with E-state index in [1.165, 1.54) is 56.2 Å². The molecule has 4 heterocycles. The predicted molar refractivity (Wildman–Crippen MR) is 121 cm³/mol. The van der Waals surface area contributed by atoms with Crippen LogP contribution in [0, 0.1) is 6.92 Å². The van der Waals surface area contributed by atoms with Gasteiger partial charge in [0.2, 0.25) is 0 Å². The molecule has 4 aromatic rings.